The lowest BCUT2D eigenvalue weighted by atomic mass is 10.0. The minimum absolute atomic E-state index is 0.127. The number of rotatable bonds is 4. The summed E-state index contributed by atoms with van der Waals surface area (Å²) in [7, 11) is 0. The van der Waals surface area contributed by atoms with E-state index < -0.39 is 0 Å². The molecule has 1 saturated heterocycles. The smallest absolute Gasteiger partial charge is 0.256 e. The van der Waals surface area contributed by atoms with Crippen molar-refractivity contribution in [1.29, 1.82) is 0 Å². The minimum Gasteiger partial charge on any atom is -0.378 e. The lowest BCUT2D eigenvalue weighted by Crippen LogP contribution is -2.36. The summed E-state index contributed by atoms with van der Waals surface area (Å²) in [6.07, 6.45) is 0. The van der Waals surface area contributed by atoms with Crippen LogP contribution in [0.5, 0.6) is 0 Å². The number of amides is 1. The van der Waals surface area contributed by atoms with Gasteiger partial charge in [-0.25, -0.2) is 4.98 Å². The van der Waals surface area contributed by atoms with E-state index in [0.717, 1.165) is 63.9 Å². The maximum absolute atomic E-state index is 13.2. The van der Waals surface area contributed by atoms with E-state index in [-0.39, 0.29) is 11.8 Å². The van der Waals surface area contributed by atoms with Crippen LogP contribution in [0.1, 0.15) is 35.8 Å². The van der Waals surface area contributed by atoms with Crippen molar-refractivity contribution in [3.05, 3.63) is 59.8 Å². The summed E-state index contributed by atoms with van der Waals surface area (Å²) in [6, 6.07) is 15.6. The molecule has 2 aromatic heterocycles. The van der Waals surface area contributed by atoms with Crippen LogP contribution in [0.2, 0.25) is 0 Å². The Bertz CT molecular complexity index is 1260. The van der Waals surface area contributed by atoms with Crippen molar-refractivity contribution in [2.45, 2.75) is 19.8 Å². The molecule has 2 aromatic carbocycles. The predicted octanol–water partition coefficient (Wildman–Crippen LogP) is 5.06. The molecule has 4 aromatic rings. The Morgan fingerprint density at radius 3 is 2.68 bits per heavy atom. The second-order valence-electron chi connectivity index (χ2n) is 8.00. The van der Waals surface area contributed by atoms with E-state index in [4.69, 9.17) is 14.7 Å². The Hall–Kier alpha value is -3.03. The molecule has 31 heavy (non-hydrogen) atoms. The molecule has 158 valence electrons. The molecule has 3 heterocycles. The highest BCUT2D eigenvalue weighted by Gasteiger charge is 2.17. The molecule has 0 spiro atoms. The molecule has 1 N–H and O–H groups in total. The van der Waals surface area contributed by atoms with Gasteiger partial charge in [0.15, 0.2) is 5.13 Å². The normalized spacial score (nSPS) is 14.5. The summed E-state index contributed by atoms with van der Waals surface area (Å²) in [6.45, 7) is 7.35. The van der Waals surface area contributed by atoms with Gasteiger partial charge in [-0.05, 0) is 36.2 Å². The van der Waals surface area contributed by atoms with Crippen molar-refractivity contribution < 1.29 is 9.53 Å². The van der Waals surface area contributed by atoms with Crippen LogP contribution in [0.3, 0.4) is 0 Å². The number of nitrogens with one attached hydrogen (secondary N) is 1. The number of carbonyl (C=O) groups excluding carboxylic acids is 1. The van der Waals surface area contributed by atoms with Crippen LogP contribution in [0.15, 0.2) is 48.5 Å². The molecule has 0 saturated carbocycles. The topological polar surface area (TPSA) is 67.4 Å². The molecule has 1 amide bonds. The van der Waals surface area contributed by atoms with Gasteiger partial charge in [-0.2, -0.15) is 0 Å². The van der Waals surface area contributed by atoms with Crippen LogP contribution in [0.25, 0.3) is 21.1 Å². The number of pyridine rings is 1. The van der Waals surface area contributed by atoms with E-state index in [0.29, 0.717) is 5.56 Å². The summed E-state index contributed by atoms with van der Waals surface area (Å²) in [5.74, 6) is 0.112. The second kappa shape index (κ2) is 8.24. The summed E-state index contributed by atoms with van der Waals surface area (Å²) in [4.78, 5) is 24.9. The van der Waals surface area contributed by atoms with E-state index in [1.165, 1.54) is 0 Å². The molecule has 7 heteroatoms. The summed E-state index contributed by atoms with van der Waals surface area (Å²) in [5, 5.41) is 4.94. The fourth-order valence-electron chi connectivity index (χ4n) is 3.76. The number of anilines is 2. The largest absolute Gasteiger partial charge is 0.378 e. The predicted molar refractivity (Wildman–Crippen MR) is 126 cm³/mol. The van der Waals surface area contributed by atoms with E-state index in [9.17, 15) is 4.79 Å². The summed E-state index contributed by atoms with van der Waals surface area (Å²) >= 11 is 1.65. The van der Waals surface area contributed by atoms with Crippen LogP contribution in [-0.2, 0) is 4.74 Å². The molecule has 0 aliphatic carbocycles. The zero-order valence-electron chi connectivity index (χ0n) is 17.6. The molecular formula is C24H24N4O2S. The average Bonchev–Trinajstić information content (AvgIpc) is 3.22. The number of hydrogen-bond donors (Lipinski definition) is 1. The van der Waals surface area contributed by atoms with Crippen molar-refractivity contribution in [2.75, 3.05) is 36.5 Å². The molecule has 0 bridgehead atoms. The van der Waals surface area contributed by atoms with Gasteiger partial charge in [-0.3, -0.25) is 9.78 Å². The van der Waals surface area contributed by atoms with Gasteiger partial charge in [-0.1, -0.05) is 43.4 Å². The van der Waals surface area contributed by atoms with E-state index in [2.05, 4.69) is 24.1 Å². The number of ether oxygens (including phenoxy) is 1. The zero-order chi connectivity index (χ0) is 21.4. The molecule has 5 rings (SSSR count). The van der Waals surface area contributed by atoms with E-state index >= 15 is 0 Å². The highest BCUT2D eigenvalue weighted by atomic mass is 32.1. The Labute approximate surface area is 184 Å². The molecule has 0 unspecified atom stereocenters. The third-order valence-electron chi connectivity index (χ3n) is 5.49. The van der Waals surface area contributed by atoms with Gasteiger partial charge in [0.05, 0.1) is 34.5 Å². The van der Waals surface area contributed by atoms with Gasteiger partial charge in [0.25, 0.3) is 5.91 Å². The standard InChI is InChI=1S/C24H24N4O2S/c1-15(2)21-14-18(17-5-3-4-6-19(17)26-21)23(29)25-16-7-8-20-22(13-16)31-24(27-20)28-9-11-30-12-10-28/h3-8,13-15H,9-12H2,1-2H3,(H,25,29). The van der Waals surface area contributed by atoms with Crippen molar-refractivity contribution in [1.82, 2.24) is 9.97 Å². The quantitative estimate of drug-likeness (QED) is 0.488. The van der Waals surface area contributed by atoms with Gasteiger partial charge in [0.1, 0.15) is 0 Å². The molecule has 1 aliphatic rings. The molecule has 6 nitrogen and oxygen atoms in total. The summed E-state index contributed by atoms with van der Waals surface area (Å²) < 4.78 is 6.49. The first-order chi connectivity index (χ1) is 15.1. The van der Waals surface area contributed by atoms with Crippen molar-refractivity contribution in [3.63, 3.8) is 0 Å². The van der Waals surface area contributed by atoms with Crippen LogP contribution in [0, 0.1) is 0 Å². The number of carbonyl (C=O) groups is 1. The monoisotopic (exact) mass is 432 g/mol. The van der Waals surface area contributed by atoms with Crippen LogP contribution in [0.4, 0.5) is 10.8 Å². The maximum atomic E-state index is 13.2. The maximum Gasteiger partial charge on any atom is 0.256 e. The van der Waals surface area contributed by atoms with Crippen LogP contribution in [-0.4, -0.2) is 42.2 Å². The van der Waals surface area contributed by atoms with Crippen molar-refractivity contribution >= 4 is 49.2 Å². The molecule has 0 atom stereocenters. The molecule has 1 aliphatic heterocycles. The average molecular weight is 433 g/mol. The highest BCUT2D eigenvalue weighted by molar-refractivity contribution is 7.22. The Kier molecular flexibility index (Phi) is 5.29. The number of nitrogens with zero attached hydrogens (tertiary/aromatic N) is 3. The number of fused-ring (bicyclic) bond motifs is 2. The molecular weight excluding hydrogens is 408 g/mol. The lowest BCUT2D eigenvalue weighted by molar-refractivity contribution is 0.102. The fraction of sp³-hybridized carbons (Fsp3) is 0.292. The second-order valence-corrected chi connectivity index (χ2v) is 9.01. The Morgan fingerprint density at radius 1 is 1.06 bits per heavy atom. The number of benzene rings is 2. The van der Waals surface area contributed by atoms with Crippen molar-refractivity contribution in [2.24, 2.45) is 0 Å². The van der Waals surface area contributed by atoms with Gasteiger partial charge >= 0.3 is 0 Å². The molecule has 1 fully saturated rings. The van der Waals surface area contributed by atoms with E-state index in [1.807, 2.05) is 48.5 Å². The first-order valence-corrected chi connectivity index (χ1v) is 11.3. The Morgan fingerprint density at radius 2 is 1.87 bits per heavy atom. The highest BCUT2D eigenvalue weighted by Crippen LogP contribution is 2.31. The zero-order valence-corrected chi connectivity index (χ0v) is 18.4. The third-order valence-corrected chi connectivity index (χ3v) is 6.57. The van der Waals surface area contributed by atoms with Gasteiger partial charge in [0.2, 0.25) is 0 Å². The van der Waals surface area contributed by atoms with Gasteiger partial charge in [-0.15, -0.1) is 0 Å². The number of morpholine rings is 1. The van der Waals surface area contributed by atoms with Gasteiger partial charge < -0.3 is 15.0 Å². The fourth-order valence-corrected chi connectivity index (χ4v) is 4.81. The number of para-hydroxylation sites is 1. The number of aromatic nitrogens is 2. The Balaban J connectivity index is 1.45. The first kappa shape index (κ1) is 19.9. The third kappa shape index (κ3) is 3.98. The van der Waals surface area contributed by atoms with Crippen molar-refractivity contribution in [3.8, 4) is 0 Å². The summed E-state index contributed by atoms with van der Waals surface area (Å²) in [5.41, 5.74) is 4.11. The van der Waals surface area contributed by atoms with Crippen LogP contribution < -0.4 is 10.2 Å². The first-order valence-electron chi connectivity index (χ1n) is 10.5. The van der Waals surface area contributed by atoms with Gasteiger partial charge in [0, 0.05) is 29.9 Å². The number of hydrogen-bond acceptors (Lipinski definition) is 6. The lowest BCUT2D eigenvalue weighted by Gasteiger charge is -2.25. The van der Waals surface area contributed by atoms with E-state index in [1.54, 1.807) is 11.3 Å². The molecule has 0 radical (unpaired) electrons. The SMILES string of the molecule is CC(C)c1cc(C(=O)Nc2ccc3nc(N4CCOCC4)sc3c2)c2ccccc2n1. The van der Waals surface area contributed by atoms with Crippen LogP contribution >= 0.6 is 11.3 Å². The minimum atomic E-state index is -0.127. The number of thiazole rings is 1.